The molecule has 0 bridgehead atoms. The van der Waals surface area contributed by atoms with Gasteiger partial charge in [-0.25, -0.2) is 13.4 Å². The molecule has 0 saturated carbocycles. The second kappa shape index (κ2) is 8.78. The van der Waals surface area contributed by atoms with Crippen LogP contribution < -0.4 is 14.8 Å². The number of rotatable bonds is 5. The Bertz CT molecular complexity index is 1610. The number of nitrogens with zero attached hydrogens (tertiary/aromatic N) is 2. The van der Waals surface area contributed by atoms with Gasteiger partial charge in [-0.05, 0) is 30.3 Å². The summed E-state index contributed by atoms with van der Waals surface area (Å²) in [5.41, 5.74) is 0.0615. The Labute approximate surface area is 199 Å². The standard InChI is InChI=1S/C20H13Cl2F2N3O6S/c1-34(30,31)26-9-2-4-14-11(6-9)16-10(3-5-15(18(16)32-14)33-20(23)24)19(28)25-17-12(21)7-27(29)8-13(17)22/h2-8,20,26,29H,1H3. The van der Waals surface area contributed by atoms with Gasteiger partial charge in [-0.2, -0.15) is 13.5 Å². The van der Waals surface area contributed by atoms with Crippen LogP contribution >= 0.6 is 23.2 Å². The fourth-order valence-corrected chi connectivity index (χ4v) is 4.37. The van der Waals surface area contributed by atoms with Gasteiger partial charge < -0.3 is 14.4 Å². The topological polar surface area (TPSA) is 123 Å². The van der Waals surface area contributed by atoms with Gasteiger partial charge in [-0.15, -0.1) is 0 Å². The Hall–Kier alpha value is -3.35. The van der Waals surface area contributed by atoms with Gasteiger partial charge in [0, 0.05) is 16.5 Å². The number of carbonyl (C=O) groups excluding carboxylic acids is 1. The minimum Gasteiger partial charge on any atom is -0.452 e. The van der Waals surface area contributed by atoms with Gasteiger partial charge in [-0.3, -0.25) is 9.52 Å². The number of nitrogens with one attached hydrogen (secondary N) is 1. The third kappa shape index (κ3) is 4.79. The summed E-state index contributed by atoms with van der Waals surface area (Å²) in [6.45, 7) is -3.17. The molecule has 0 aliphatic carbocycles. The lowest BCUT2D eigenvalue weighted by atomic mass is 10.0. The largest absolute Gasteiger partial charge is 0.452 e. The van der Waals surface area contributed by atoms with Crippen LogP contribution in [0.25, 0.3) is 21.9 Å². The Morgan fingerprint density at radius 2 is 1.88 bits per heavy atom. The molecule has 0 radical (unpaired) electrons. The Morgan fingerprint density at radius 1 is 1.21 bits per heavy atom. The number of aromatic nitrogens is 1. The first-order chi connectivity index (χ1) is 15.9. The van der Waals surface area contributed by atoms with Crippen molar-refractivity contribution in [2.75, 3.05) is 11.0 Å². The van der Waals surface area contributed by atoms with Crippen molar-refractivity contribution >= 4 is 66.8 Å². The number of hydrogen-bond donors (Lipinski definition) is 2. The van der Waals surface area contributed by atoms with Crippen LogP contribution in [0.2, 0.25) is 10.0 Å². The highest BCUT2D eigenvalue weighted by Crippen LogP contribution is 2.39. The molecule has 0 unspecified atom stereocenters. The summed E-state index contributed by atoms with van der Waals surface area (Å²) in [7, 11) is -3.63. The molecule has 0 aliphatic heterocycles. The minimum absolute atomic E-state index is 0.0550. The van der Waals surface area contributed by atoms with Crippen LogP contribution in [-0.2, 0) is 10.0 Å². The molecule has 0 spiro atoms. The number of anilines is 1. The number of hydrogen-bond acceptors (Lipinski definition) is 6. The molecule has 178 valence electrons. The number of halogens is 4. The molecular weight excluding hydrogens is 519 g/mol. The van der Waals surface area contributed by atoms with E-state index in [4.69, 9.17) is 27.6 Å². The van der Waals surface area contributed by atoms with E-state index < -0.39 is 22.5 Å². The Morgan fingerprint density at radius 3 is 2.50 bits per heavy atom. The van der Waals surface area contributed by atoms with Crippen molar-refractivity contribution in [1.82, 2.24) is 4.73 Å². The smallest absolute Gasteiger partial charge is 0.387 e. The first-order valence-corrected chi connectivity index (χ1v) is 11.8. The molecule has 2 heterocycles. The summed E-state index contributed by atoms with van der Waals surface area (Å²) >= 11 is 12.1. The lowest BCUT2D eigenvalue weighted by Crippen LogP contribution is -2.13. The molecule has 0 aliphatic rings. The summed E-state index contributed by atoms with van der Waals surface area (Å²) in [5, 5.41) is 9.39. The summed E-state index contributed by atoms with van der Waals surface area (Å²) < 4.78 is 62.2. The summed E-state index contributed by atoms with van der Waals surface area (Å²) in [5.74, 6) is -1.20. The summed E-state index contributed by atoms with van der Waals surface area (Å²) in [6.07, 6.45) is 3.08. The molecule has 2 N–H and O–H groups in total. The highest BCUT2D eigenvalue weighted by Gasteiger charge is 2.22. The van der Waals surface area contributed by atoms with Crippen LogP contribution in [0.1, 0.15) is 10.4 Å². The third-order valence-corrected chi connectivity index (χ3v) is 5.65. The molecule has 0 fully saturated rings. The highest BCUT2D eigenvalue weighted by atomic mass is 35.5. The van der Waals surface area contributed by atoms with E-state index in [1.807, 2.05) is 0 Å². The monoisotopic (exact) mass is 531 g/mol. The Kier molecular flexibility index (Phi) is 6.14. The number of benzene rings is 2. The maximum absolute atomic E-state index is 13.1. The number of furan rings is 1. The van der Waals surface area contributed by atoms with Crippen LogP contribution in [0.15, 0.2) is 52.1 Å². The zero-order valence-electron chi connectivity index (χ0n) is 16.9. The summed E-state index contributed by atoms with van der Waals surface area (Å²) in [4.78, 5) is 17.0. The van der Waals surface area contributed by atoms with E-state index in [2.05, 4.69) is 14.5 Å². The quantitative estimate of drug-likeness (QED) is 0.361. The van der Waals surface area contributed by atoms with Gasteiger partial charge in [-0.1, -0.05) is 23.2 Å². The zero-order valence-corrected chi connectivity index (χ0v) is 19.3. The predicted octanol–water partition coefficient (Wildman–Crippen LogP) is 4.65. The first-order valence-electron chi connectivity index (χ1n) is 9.20. The lowest BCUT2D eigenvalue weighted by molar-refractivity contribution is -0.0493. The maximum atomic E-state index is 13.1. The van der Waals surface area contributed by atoms with E-state index >= 15 is 0 Å². The molecule has 34 heavy (non-hydrogen) atoms. The van der Waals surface area contributed by atoms with Crippen molar-refractivity contribution in [2.45, 2.75) is 6.61 Å². The molecule has 1 amide bonds. The summed E-state index contributed by atoms with van der Waals surface area (Å²) in [6, 6.07) is 6.51. The van der Waals surface area contributed by atoms with Crippen molar-refractivity contribution in [2.24, 2.45) is 4.99 Å². The van der Waals surface area contributed by atoms with Gasteiger partial charge in [0.05, 0.1) is 34.3 Å². The molecule has 0 saturated heterocycles. The number of pyridine rings is 1. The minimum atomic E-state index is -3.63. The average Bonchev–Trinajstić information content (AvgIpc) is 3.08. The molecule has 4 rings (SSSR count). The first kappa shape index (κ1) is 23.8. The maximum Gasteiger partial charge on any atom is 0.387 e. The molecule has 2 aromatic heterocycles. The van der Waals surface area contributed by atoms with Crippen molar-refractivity contribution in [3.63, 3.8) is 0 Å². The normalized spacial score (nSPS) is 11.8. The van der Waals surface area contributed by atoms with Gasteiger partial charge in [0.15, 0.2) is 11.3 Å². The number of carbonyl (C=O) groups is 1. The van der Waals surface area contributed by atoms with Crippen molar-refractivity contribution in [3.05, 3.63) is 63.7 Å². The van der Waals surface area contributed by atoms with Gasteiger partial charge in [0.2, 0.25) is 10.0 Å². The van der Waals surface area contributed by atoms with Crippen LogP contribution in [-0.4, -0.2) is 37.1 Å². The van der Waals surface area contributed by atoms with Crippen LogP contribution in [0.4, 0.5) is 14.5 Å². The van der Waals surface area contributed by atoms with E-state index in [-0.39, 0.29) is 54.3 Å². The van der Waals surface area contributed by atoms with E-state index in [0.717, 1.165) is 24.7 Å². The van der Waals surface area contributed by atoms with Gasteiger partial charge in [0.1, 0.15) is 10.9 Å². The zero-order chi connectivity index (χ0) is 24.8. The van der Waals surface area contributed by atoms with Crippen LogP contribution in [0.5, 0.6) is 5.75 Å². The van der Waals surface area contributed by atoms with E-state index in [0.29, 0.717) is 4.73 Å². The predicted molar refractivity (Wildman–Crippen MR) is 120 cm³/mol. The molecule has 0 atom stereocenters. The average molecular weight is 532 g/mol. The SMILES string of the molecule is CS(=O)(=O)Nc1ccc2oc3c(OC(F)F)ccc(C(=O)N=c4c(Cl)cn(O)cc4Cl)c3c2c1. The number of sulfonamides is 1. The van der Waals surface area contributed by atoms with E-state index in [9.17, 15) is 27.2 Å². The fraction of sp³-hybridized carbons (Fsp3) is 0.100. The number of fused-ring (bicyclic) bond motifs is 3. The van der Waals surface area contributed by atoms with Crippen molar-refractivity contribution in [3.8, 4) is 5.75 Å². The van der Waals surface area contributed by atoms with Gasteiger partial charge in [0.25, 0.3) is 5.91 Å². The fourth-order valence-electron chi connectivity index (χ4n) is 3.28. The highest BCUT2D eigenvalue weighted by molar-refractivity contribution is 7.92. The van der Waals surface area contributed by atoms with Crippen LogP contribution in [0, 0.1) is 0 Å². The van der Waals surface area contributed by atoms with E-state index in [1.54, 1.807) is 0 Å². The van der Waals surface area contributed by atoms with E-state index in [1.165, 1.54) is 24.3 Å². The Balaban J connectivity index is 1.99. The second-order valence-corrected chi connectivity index (χ2v) is 9.54. The third-order valence-electron chi connectivity index (χ3n) is 4.49. The van der Waals surface area contributed by atoms with Crippen molar-refractivity contribution in [1.29, 1.82) is 0 Å². The number of amides is 1. The molecular formula is C20H13Cl2F2N3O6S. The molecule has 4 aromatic rings. The van der Waals surface area contributed by atoms with Gasteiger partial charge >= 0.3 is 6.61 Å². The van der Waals surface area contributed by atoms with Crippen molar-refractivity contribution < 1.29 is 36.4 Å². The number of ether oxygens (including phenoxy) is 1. The molecule has 2 aromatic carbocycles. The number of alkyl halides is 2. The van der Waals surface area contributed by atoms with Crippen LogP contribution in [0.3, 0.4) is 0 Å². The second-order valence-electron chi connectivity index (χ2n) is 6.98. The molecule has 9 nitrogen and oxygen atoms in total. The lowest BCUT2D eigenvalue weighted by Gasteiger charge is -2.07. The molecule has 14 heteroatoms.